The summed E-state index contributed by atoms with van der Waals surface area (Å²) in [5.41, 5.74) is 2.81. The van der Waals surface area contributed by atoms with E-state index >= 15 is 0 Å². The molecule has 2 heterocycles. The van der Waals surface area contributed by atoms with Gasteiger partial charge in [-0.1, -0.05) is 26.7 Å². The number of aliphatic hydroxyl groups is 1. The zero-order chi connectivity index (χ0) is 17.4. The number of rotatable bonds is 3. The number of hydrogen-bond donors (Lipinski definition) is 2. The van der Waals surface area contributed by atoms with Gasteiger partial charge < -0.3 is 15.3 Å². The second kappa shape index (κ2) is 6.84. The number of aromatic nitrogens is 2. The SMILES string of the molecule is CC1(C)Cc2nc(N3CCC(O)CC3)ncc2[C@H](NC2CCCC2)C1. The second-order valence-corrected chi connectivity index (χ2v) is 9.04. The summed E-state index contributed by atoms with van der Waals surface area (Å²) in [6, 6.07) is 1.05. The molecule has 1 aromatic rings. The minimum atomic E-state index is -0.159. The molecule has 1 atom stereocenters. The Morgan fingerprint density at radius 1 is 1.16 bits per heavy atom. The Balaban J connectivity index is 1.56. The molecule has 2 N–H and O–H groups in total. The molecule has 0 amide bonds. The second-order valence-electron chi connectivity index (χ2n) is 9.04. The minimum absolute atomic E-state index is 0.159. The van der Waals surface area contributed by atoms with Gasteiger partial charge in [0.25, 0.3) is 0 Å². The molecule has 3 aliphatic rings. The van der Waals surface area contributed by atoms with Crippen molar-refractivity contribution in [1.29, 1.82) is 0 Å². The molecule has 2 fully saturated rings. The number of nitrogens with one attached hydrogen (secondary N) is 1. The van der Waals surface area contributed by atoms with E-state index in [-0.39, 0.29) is 11.5 Å². The van der Waals surface area contributed by atoms with Crippen molar-refractivity contribution < 1.29 is 5.11 Å². The molecule has 0 radical (unpaired) electrons. The third-order valence-electron chi connectivity index (χ3n) is 6.20. The molecule has 0 unspecified atom stereocenters. The number of piperidine rings is 1. The normalized spacial score (nSPS) is 27.5. The lowest BCUT2D eigenvalue weighted by molar-refractivity contribution is 0.145. The summed E-state index contributed by atoms with van der Waals surface area (Å²) < 4.78 is 0. The molecule has 2 aliphatic carbocycles. The van der Waals surface area contributed by atoms with Crippen molar-refractivity contribution in [3.63, 3.8) is 0 Å². The topological polar surface area (TPSA) is 61.3 Å². The molecule has 1 aliphatic heterocycles. The first-order chi connectivity index (χ1) is 12.0. The molecule has 0 spiro atoms. The Morgan fingerprint density at radius 2 is 1.88 bits per heavy atom. The minimum Gasteiger partial charge on any atom is -0.393 e. The van der Waals surface area contributed by atoms with Crippen molar-refractivity contribution in [3.05, 3.63) is 17.5 Å². The molecule has 1 saturated carbocycles. The van der Waals surface area contributed by atoms with E-state index in [9.17, 15) is 5.11 Å². The van der Waals surface area contributed by atoms with Gasteiger partial charge in [0, 0.05) is 36.9 Å². The van der Waals surface area contributed by atoms with E-state index in [0.29, 0.717) is 12.1 Å². The van der Waals surface area contributed by atoms with Gasteiger partial charge in [-0.2, -0.15) is 0 Å². The van der Waals surface area contributed by atoms with Gasteiger partial charge in [0.2, 0.25) is 5.95 Å². The van der Waals surface area contributed by atoms with Gasteiger partial charge in [0.1, 0.15) is 0 Å². The Bertz CT molecular complexity index is 604. The zero-order valence-corrected chi connectivity index (χ0v) is 15.7. The van der Waals surface area contributed by atoms with Crippen molar-refractivity contribution >= 4 is 5.95 Å². The summed E-state index contributed by atoms with van der Waals surface area (Å²) in [4.78, 5) is 11.9. The average molecular weight is 345 g/mol. The highest BCUT2D eigenvalue weighted by Gasteiger charge is 2.35. The Kier molecular flexibility index (Phi) is 4.71. The van der Waals surface area contributed by atoms with Crippen LogP contribution in [-0.2, 0) is 6.42 Å². The maximum absolute atomic E-state index is 9.73. The largest absolute Gasteiger partial charge is 0.393 e. The van der Waals surface area contributed by atoms with Crippen LogP contribution in [0.1, 0.15) is 76.1 Å². The number of fused-ring (bicyclic) bond motifs is 1. The van der Waals surface area contributed by atoms with Crippen LogP contribution in [0.5, 0.6) is 0 Å². The fourth-order valence-corrected chi connectivity index (χ4v) is 4.78. The van der Waals surface area contributed by atoms with E-state index in [1.165, 1.54) is 36.9 Å². The Morgan fingerprint density at radius 3 is 2.60 bits per heavy atom. The lowest BCUT2D eigenvalue weighted by Crippen LogP contribution is -2.40. The molecular formula is C20H32N4O. The first-order valence-electron chi connectivity index (χ1n) is 10.0. The summed E-state index contributed by atoms with van der Waals surface area (Å²) in [5.74, 6) is 0.850. The van der Waals surface area contributed by atoms with Gasteiger partial charge in [0.15, 0.2) is 0 Å². The van der Waals surface area contributed by atoms with Gasteiger partial charge in [-0.15, -0.1) is 0 Å². The van der Waals surface area contributed by atoms with Gasteiger partial charge >= 0.3 is 0 Å². The summed E-state index contributed by atoms with van der Waals surface area (Å²) >= 11 is 0. The molecule has 138 valence electrons. The summed E-state index contributed by atoms with van der Waals surface area (Å²) in [5, 5.41) is 13.6. The number of nitrogens with zero attached hydrogens (tertiary/aromatic N) is 3. The van der Waals surface area contributed by atoms with Crippen LogP contribution in [0.15, 0.2) is 6.20 Å². The standard InChI is InChI=1S/C20H32N4O/c1-20(2)11-17(22-14-5-3-4-6-14)16-13-21-19(23-18(16)12-20)24-9-7-15(25)8-10-24/h13-15,17,22,25H,3-12H2,1-2H3/t17-/m1/s1. The molecule has 25 heavy (non-hydrogen) atoms. The van der Waals surface area contributed by atoms with Crippen molar-refractivity contribution in [2.24, 2.45) is 5.41 Å². The highest BCUT2D eigenvalue weighted by Crippen LogP contribution is 2.41. The maximum atomic E-state index is 9.73. The third kappa shape index (κ3) is 3.82. The van der Waals surface area contributed by atoms with Crippen LogP contribution in [0.4, 0.5) is 5.95 Å². The van der Waals surface area contributed by atoms with Crippen LogP contribution in [0.2, 0.25) is 0 Å². The van der Waals surface area contributed by atoms with Gasteiger partial charge in [-0.25, -0.2) is 9.97 Å². The quantitative estimate of drug-likeness (QED) is 0.883. The van der Waals surface area contributed by atoms with Crippen molar-refractivity contribution in [1.82, 2.24) is 15.3 Å². The van der Waals surface area contributed by atoms with Crippen LogP contribution >= 0.6 is 0 Å². The van der Waals surface area contributed by atoms with Crippen LogP contribution in [0, 0.1) is 5.41 Å². The predicted octanol–water partition coefficient (Wildman–Crippen LogP) is 2.98. The fraction of sp³-hybridized carbons (Fsp3) is 0.800. The average Bonchev–Trinajstić information content (AvgIpc) is 3.07. The molecule has 0 bridgehead atoms. The molecule has 4 rings (SSSR count). The van der Waals surface area contributed by atoms with Crippen molar-refractivity contribution in [2.45, 2.75) is 83.4 Å². The van der Waals surface area contributed by atoms with Crippen molar-refractivity contribution in [3.8, 4) is 0 Å². The first-order valence-corrected chi connectivity index (χ1v) is 10.0. The number of anilines is 1. The first kappa shape index (κ1) is 17.2. The number of aliphatic hydroxyl groups excluding tert-OH is 1. The highest BCUT2D eigenvalue weighted by molar-refractivity contribution is 5.37. The van der Waals surface area contributed by atoms with Gasteiger partial charge in [-0.05, 0) is 43.9 Å². The predicted molar refractivity (Wildman–Crippen MR) is 99.7 cm³/mol. The van der Waals surface area contributed by atoms with Gasteiger partial charge in [-0.3, -0.25) is 0 Å². The van der Waals surface area contributed by atoms with Crippen LogP contribution < -0.4 is 10.2 Å². The van der Waals surface area contributed by atoms with Crippen LogP contribution in [0.3, 0.4) is 0 Å². The lowest BCUT2D eigenvalue weighted by Gasteiger charge is -2.38. The van der Waals surface area contributed by atoms with Crippen molar-refractivity contribution in [2.75, 3.05) is 18.0 Å². The highest BCUT2D eigenvalue weighted by atomic mass is 16.3. The third-order valence-corrected chi connectivity index (χ3v) is 6.20. The molecular weight excluding hydrogens is 312 g/mol. The smallest absolute Gasteiger partial charge is 0.225 e. The lowest BCUT2D eigenvalue weighted by atomic mass is 9.74. The summed E-state index contributed by atoms with van der Waals surface area (Å²) in [6.07, 6.45) is 11.1. The molecule has 5 nitrogen and oxygen atoms in total. The zero-order valence-electron chi connectivity index (χ0n) is 15.7. The van der Waals surface area contributed by atoms with E-state index in [1.807, 2.05) is 0 Å². The van der Waals surface area contributed by atoms with Crippen LogP contribution in [0.25, 0.3) is 0 Å². The van der Waals surface area contributed by atoms with E-state index in [4.69, 9.17) is 9.97 Å². The molecule has 5 heteroatoms. The molecule has 0 aromatic carbocycles. The Labute approximate surface area is 151 Å². The van der Waals surface area contributed by atoms with E-state index in [1.54, 1.807) is 0 Å². The van der Waals surface area contributed by atoms with Gasteiger partial charge in [0.05, 0.1) is 11.8 Å². The number of hydrogen-bond acceptors (Lipinski definition) is 5. The molecule has 1 saturated heterocycles. The fourth-order valence-electron chi connectivity index (χ4n) is 4.78. The van der Waals surface area contributed by atoms with E-state index in [2.05, 4.69) is 30.3 Å². The summed E-state index contributed by atoms with van der Waals surface area (Å²) in [7, 11) is 0. The van der Waals surface area contributed by atoms with E-state index < -0.39 is 0 Å². The maximum Gasteiger partial charge on any atom is 0.225 e. The summed E-state index contributed by atoms with van der Waals surface area (Å²) in [6.45, 7) is 6.43. The molecule has 1 aromatic heterocycles. The van der Waals surface area contributed by atoms with E-state index in [0.717, 1.165) is 44.7 Å². The Hall–Kier alpha value is -1.20. The monoisotopic (exact) mass is 344 g/mol. The van der Waals surface area contributed by atoms with Crippen LogP contribution in [-0.4, -0.2) is 40.3 Å².